The molecule has 0 unspecified atom stereocenters. The summed E-state index contributed by atoms with van der Waals surface area (Å²) in [4.78, 5) is 2.39. The fraction of sp³-hybridized carbons (Fsp3) is 1.00. The Morgan fingerprint density at radius 3 is 1.86 bits per heavy atom. The van der Waals surface area contributed by atoms with Crippen molar-refractivity contribution < 1.29 is 18.1 Å². The topological polar surface area (TPSA) is 77.8 Å². The van der Waals surface area contributed by atoms with Gasteiger partial charge in [0.25, 0.3) is 10.1 Å². The molecule has 1 saturated heterocycles. The van der Waals surface area contributed by atoms with Crippen LogP contribution in [0.25, 0.3) is 0 Å². The molecular weight excluding hydrogens is 206 g/mol. The lowest BCUT2D eigenvalue weighted by Gasteiger charge is -2.20. The summed E-state index contributed by atoms with van der Waals surface area (Å²) >= 11 is 0. The van der Waals surface area contributed by atoms with Crippen molar-refractivity contribution in [1.82, 2.24) is 4.90 Å². The van der Waals surface area contributed by atoms with Gasteiger partial charge in [-0.2, -0.15) is 8.42 Å². The molecule has 1 aliphatic heterocycles. The molecule has 1 fully saturated rings. The van der Waals surface area contributed by atoms with Crippen molar-refractivity contribution in [3.63, 3.8) is 0 Å². The first-order valence-electron chi connectivity index (χ1n) is 4.70. The van der Waals surface area contributed by atoms with Gasteiger partial charge in [-0.1, -0.05) is 6.42 Å². The lowest BCUT2D eigenvalue weighted by Crippen LogP contribution is -2.24. The fourth-order valence-corrected chi connectivity index (χ4v) is 1.40. The Hall–Kier alpha value is -0.170. The zero-order valence-electron chi connectivity index (χ0n) is 8.52. The summed E-state index contributed by atoms with van der Waals surface area (Å²) in [7, 11) is -1.73. The Balaban J connectivity index is 0.000000241. The Morgan fingerprint density at radius 1 is 1.21 bits per heavy atom. The summed E-state index contributed by atoms with van der Waals surface area (Å²) in [6.45, 7) is 2.11. The maximum absolute atomic E-state index is 9.63. The standard InChI is InChI=1S/C6H13N.C2H6O4S/c1-7-5-3-2-4-6-7;3-1-2-7(4,5)6/h2-6H2,1H3;3H,1-2H2,(H,4,5,6). The third-order valence-electron chi connectivity index (χ3n) is 1.93. The average Bonchev–Trinajstić information content (AvgIpc) is 2.04. The second-order valence-corrected chi connectivity index (χ2v) is 4.95. The van der Waals surface area contributed by atoms with Gasteiger partial charge in [0.1, 0.15) is 0 Å². The van der Waals surface area contributed by atoms with E-state index < -0.39 is 22.5 Å². The maximum atomic E-state index is 9.63. The van der Waals surface area contributed by atoms with Gasteiger partial charge in [0, 0.05) is 0 Å². The number of piperidine rings is 1. The Morgan fingerprint density at radius 2 is 1.71 bits per heavy atom. The molecule has 14 heavy (non-hydrogen) atoms. The van der Waals surface area contributed by atoms with Gasteiger partial charge in [0.2, 0.25) is 0 Å². The number of hydrogen-bond donors (Lipinski definition) is 2. The lowest BCUT2D eigenvalue weighted by molar-refractivity contribution is 0.277. The van der Waals surface area contributed by atoms with Crippen LogP contribution in [0.1, 0.15) is 19.3 Å². The monoisotopic (exact) mass is 225 g/mol. The van der Waals surface area contributed by atoms with E-state index in [2.05, 4.69) is 11.9 Å². The van der Waals surface area contributed by atoms with Crippen molar-refractivity contribution in [2.24, 2.45) is 0 Å². The molecule has 0 saturated carbocycles. The second-order valence-electron chi connectivity index (χ2n) is 3.37. The van der Waals surface area contributed by atoms with Crippen LogP contribution >= 0.6 is 0 Å². The first kappa shape index (κ1) is 13.8. The largest absolute Gasteiger partial charge is 0.395 e. The third-order valence-corrected chi connectivity index (χ3v) is 2.63. The summed E-state index contributed by atoms with van der Waals surface area (Å²) in [6.07, 6.45) is 4.28. The van der Waals surface area contributed by atoms with E-state index in [0.29, 0.717) is 0 Å². The minimum absolute atomic E-state index is 0.529. The van der Waals surface area contributed by atoms with E-state index in [-0.39, 0.29) is 0 Å². The molecule has 0 radical (unpaired) electrons. The van der Waals surface area contributed by atoms with E-state index in [4.69, 9.17) is 9.66 Å². The first-order chi connectivity index (χ1) is 6.45. The number of likely N-dealkylation sites (tertiary alicyclic amines) is 1. The zero-order chi connectivity index (χ0) is 11.0. The SMILES string of the molecule is CN1CCCCC1.O=S(=O)(O)CCO. The van der Waals surface area contributed by atoms with Crippen LogP contribution in [0.2, 0.25) is 0 Å². The van der Waals surface area contributed by atoms with Crippen molar-refractivity contribution in [2.45, 2.75) is 19.3 Å². The highest BCUT2D eigenvalue weighted by molar-refractivity contribution is 7.85. The van der Waals surface area contributed by atoms with Gasteiger partial charge in [-0.25, -0.2) is 0 Å². The predicted molar refractivity (Wildman–Crippen MR) is 54.8 cm³/mol. The minimum Gasteiger partial charge on any atom is -0.395 e. The van der Waals surface area contributed by atoms with E-state index in [1.807, 2.05) is 0 Å². The maximum Gasteiger partial charge on any atom is 0.267 e. The molecule has 1 heterocycles. The number of nitrogens with zero attached hydrogens (tertiary/aromatic N) is 1. The summed E-state index contributed by atoms with van der Waals surface area (Å²) < 4.78 is 27.1. The summed E-state index contributed by atoms with van der Waals surface area (Å²) in [5.41, 5.74) is 0. The zero-order valence-corrected chi connectivity index (χ0v) is 9.33. The highest BCUT2D eigenvalue weighted by Gasteiger charge is 2.02. The van der Waals surface area contributed by atoms with Gasteiger partial charge >= 0.3 is 0 Å². The number of aliphatic hydroxyl groups is 1. The molecule has 0 atom stereocenters. The van der Waals surface area contributed by atoms with Crippen molar-refractivity contribution in [1.29, 1.82) is 0 Å². The van der Waals surface area contributed by atoms with Crippen molar-refractivity contribution in [2.75, 3.05) is 32.5 Å². The summed E-state index contributed by atoms with van der Waals surface area (Å²) in [5.74, 6) is -0.576. The fourth-order valence-electron chi connectivity index (χ4n) is 1.17. The molecule has 2 N–H and O–H groups in total. The van der Waals surface area contributed by atoms with Crippen LogP contribution in [0.3, 0.4) is 0 Å². The molecule has 0 aromatic heterocycles. The summed E-state index contributed by atoms with van der Waals surface area (Å²) in [5, 5.41) is 7.86. The number of aliphatic hydroxyl groups excluding tert-OH is 1. The lowest BCUT2D eigenvalue weighted by atomic mass is 10.1. The third kappa shape index (κ3) is 9.91. The molecule has 0 aromatic carbocycles. The van der Waals surface area contributed by atoms with Crippen LogP contribution in [-0.4, -0.2) is 55.5 Å². The van der Waals surface area contributed by atoms with Gasteiger partial charge in [-0.3, -0.25) is 4.55 Å². The normalized spacial score (nSPS) is 18.5. The Bertz CT molecular complexity index is 221. The molecule has 1 aliphatic rings. The molecule has 0 aliphatic carbocycles. The Kier molecular flexibility index (Phi) is 7.08. The van der Waals surface area contributed by atoms with E-state index in [0.717, 1.165) is 0 Å². The van der Waals surface area contributed by atoms with E-state index in [1.54, 1.807) is 0 Å². The van der Waals surface area contributed by atoms with Crippen LogP contribution < -0.4 is 0 Å². The molecule has 1 rings (SSSR count). The molecule has 6 heteroatoms. The highest BCUT2D eigenvalue weighted by Crippen LogP contribution is 2.04. The molecule has 5 nitrogen and oxygen atoms in total. The quantitative estimate of drug-likeness (QED) is 0.645. The summed E-state index contributed by atoms with van der Waals surface area (Å²) in [6, 6.07) is 0. The van der Waals surface area contributed by atoms with E-state index in [9.17, 15) is 8.42 Å². The van der Waals surface area contributed by atoms with Crippen LogP contribution in [0, 0.1) is 0 Å². The van der Waals surface area contributed by atoms with Crippen LogP contribution in [0.5, 0.6) is 0 Å². The molecule has 0 bridgehead atoms. The predicted octanol–water partition coefficient (Wildman–Crippen LogP) is -0.0314. The first-order valence-corrected chi connectivity index (χ1v) is 6.31. The van der Waals surface area contributed by atoms with Gasteiger partial charge < -0.3 is 10.0 Å². The minimum atomic E-state index is -3.92. The number of rotatable bonds is 2. The molecule has 0 spiro atoms. The average molecular weight is 225 g/mol. The van der Waals surface area contributed by atoms with Crippen molar-refractivity contribution >= 4 is 10.1 Å². The smallest absolute Gasteiger partial charge is 0.267 e. The number of hydrogen-bond acceptors (Lipinski definition) is 4. The highest BCUT2D eigenvalue weighted by atomic mass is 32.2. The molecule has 86 valence electrons. The van der Waals surface area contributed by atoms with Crippen LogP contribution in [-0.2, 0) is 10.1 Å². The van der Waals surface area contributed by atoms with Gasteiger partial charge in [-0.15, -0.1) is 0 Å². The second kappa shape index (κ2) is 7.17. The molecule has 0 aromatic rings. The van der Waals surface area contributed by atoms with Crippen LogP contribution in [0.15, 0.2) is 0 Å². The van der Waals surface area contributed by atoms with E-state index >= 15 is 0 Å². The van der Waals surface area contributed by atoms with Gasteiger partial charge in [0.15, 0.2) is 0 Å². The van der Waals surface area contributed by atoms with Crippen molar-refractivity contribution in [3.05, 3.63) is 0 Å². The Labute approximate surface area is 85.5 Å². The van der Waals surface area contributed by atoms with Crippen LogP contribution in [0.4, 0.5) is 0 Å². The van der Waals surface area contributed by atoms with Crippen molar-refractivity contribution in [3.8, 4) is 0 Å². The van der Waals surface area contributed by atoms with Gasteiger partial charge in [0.05, 0.1) is 12.4 Å². The molecular formula is C8H19NO4S. The van der Waals surface area contributed by atoms with Gasteiger partial charge in [-0.05, 0) is 33.0 Å². The molecule has 0 amide bonds. The van der Waals surface area contributed by atoms with E-state index in [1.165, 1.54) is 32.4 Å².